The summed E-state index contributed by atoms with van der Waals surface area (Å²) in [6.45, 7) is 4.58. The minimum Gasteiger partial charge on any atom is -0.354 e. The van der Waals surface area contributed by atoms with E-state index in [0.29, 0.717) is 35.3 Å². The van der Waals surface area contributed by atoms with Crippen molar-refractivity contribution in [1.82, 2.24) is 24.8 Å². The number of rotatable bonds is 6. The van der Waals surface area contributed by atoms with E-state index in [0.717, 1.165) is 38.8 Å². The second-order valence-corrected chi connectivity index (χ2v) is 8.23. The summed E-state index contributed by atoms with van der Waals surface area (Å²) in [5, 5.41) is 8.03. The van der Waals surface area contributed by atoms with Crippen LogP contribution in [0.2, 0.25) is 0 Å². The Balaban J connectivity index is 1.37. The fourth-order valence-corrected chi connectivity index (χ4v) is 4.86. The van der Waals surface area contributed by atoms with Gasteiger partial charge in [-0.15, -0.1) is 5.10 Å². The summed E-state index contributed by atoms with van der Waals surface area (Å²) in [7, 11) is 0. The topological polar surface area (TPSA) is 99.9 Å². The molecule has 0 radical (unpaired) electrons. The number of likely N-dealkylation sites (tertiary alicyclic amines) is 1. The summed E-state index contributed by atoms with van der Waals surface area (Å²) < 4.78 is 1.30. The summed E-state index contributed by atoms with van der Waals surface area (Å²) in [6.07, 6.45) is 3.99. The van der Waals surface area contributed by atoms with Crippen molar-refractivity contribution in [3.8, 4) is 0 Å². The van der Waals surface area contributed by atoms with Crippen LogP contribution >= 0.6 is 11.3 Å². The highest BCUT2D eigenvalue weighted by Crippen LogP contribution is 2.29. The molecule has 2 aliphatic rings. The maximum Gasteiger partial charge on any atom is 0.275 e. The molecule has 0 unspecified atom stereocenters. The van der Waals surface area contributed by atoms with Crippen molar-refractivity contribution in [2.75, 3.05) is 31.1 Å². The molecule has 0 saturated carbocycles. The van der Waals surface area contributed by atoms with Crippen molar-refractivity contribution in [1.29, 1.82) is 0 Å². The second-order valence-electron chi connectivity index (χ2n) is 7.30. The van der Waals surface area contributed by atoms with Gasteiger partial charge in [0.1, 0.15) is 6.04 Å². The number of hydrogen-bond donors (Lipinski definition) is 1. The van der Waals surface area contributed by atoms with Crippen molar-refractivity contribution in [3.63, 3.8) is 0 Å². The van der Waals surface area contributed by atoms with Crippen molar-refractivity contribution in [2.24, 2.45) is 0 Å². The molecule has 1 N–H and O–H groups in total. The largest absolute Gasteiger partial charge is 0.354 e. The van der Waals surface area contributed by atoms with Crippen LogP contribution in [0.4, 0.5) is 5.13 Å². The van der Waals surface area contributed by atoms with Crippen LogP contribution < -0.4 is 15.8 Å². The first-order valence-electron chi connectivity index (χ1n) is 9.72. The molecule has 0 aromatic carbocycles. The number of carbonyl (C=O) groups excluding carboxylic acids is 2. The third kappa shape index (κ3) is 3.73. The van der Waals surface area contributed by atoms with E-state index in [1.165, 1.54) is 21.9 Å². The van der Waals surface area contributed by atoms with Crippen LogP contribution in [0.25, 0.3) is 4.96 Å². The Bertz CT molecular complexity index is 954. The zero-order valence-corrected chi connectivity index (χ0v) is 16.7. The number of nitrogens with zero attached hydrogens (tertiary/aromatic N) is 5. The predicted molar refractivity (Wildman–Crippen MR) is 106 cm³/mol. The Morgan fingerprint density at radius 3 is 2.96 bits per heavy atom. The van der Waals surface area contributed by atoms with E-state index in [2.05, 4.69) is 15.4 Å². The van der Waals surface area contributed by atoms with E-state index in [1.807, 2.05) is 9.80 Å². The highest BCUT2D eigenvalue weighted by atomic mass is 32.1. The minimum absolute atomic E-state index is 0.0269. The zero-order valence-electron chi connectivity index (χ0n) is 15.9. The molecule has 2 aromatic heterocycles. The first-order chi connectivity index (χ1) is 13.5. The van der Waals surface area contributed by atoms with Gasteiger partial charge in [0.25, 0.3) is 5.56 Å². The third-order valence-corrected chi connectivity index (χ3v) is 6.18. The monoisotopic (exact) mass is 404 g/mol. The lowest BCUT2D eigenvalue weighted by molar-refractivity contribution is -0.127. The molecule has 2 saturated heterocycles. The SMILES string of the molecule is Cc1cc(=O)n2nc(N3CCC[C@H]3C(=O)NCCCN3CCCC3=O)sc2n1. The summed E-state index contributed by atoms with van der Waals surface area (Å²) in [5.41, 5.74) is 0.453. The van der Waals surface area contributed by atoms with Gasteiger partial charge in [-0.2, -0.15) is 4.52 Å². The van der Waals surface area contributed by atoms with Crippen molar-refractivity contribution < 1.29 is 9.59 Å². The molecule has 4 heterocycles. The molecule has 4 rings (SSSR count). The predicted octanol–water partition coefficient (Wildman–Crippen LogP) is 0.557. The van der Waals surface area contributed by atoms with E-state index >= 15 is 0 Å². The van der Waals surface area contributed by atoms with Gasteiger partial charge in [0.05, 0.1) is 0 Å². The number of nitrogens with one attached hydrogen (secondary N) is 1. The van der Waals surface area contributed by atoms with Gasteiger partial charge in [0.2, 0.25) is 21.9 Å². The summed E-state index contributed by atoms with van der Waals surface area (Å²) in [6, 6.07) is 1.17. The molecule has 10 heteroatoms. The smallest absolute Gasteiger partial charge is 0.275 e. The number of fused-ring (bicyclic) bond motifs is 1. The van der Waals surface area contributed by atoms with Crippen molar-refractivity contribution in [3.05, 3.63) is 22.1 Å². The average Bonchev–Trinajstić information content (AvgIpc) is 3.37. The quantitative estimate of drug-likeness (QED) is 0.706. The van der Waals surface area contributed by atoms with E-state index in [9.17, 15) is 14.4 Å². The standard InChI is InChI=1S/C18H24N6O3S/c1-12-11-15(26)24-17(20-12)28-18(21-24)23-10-2-5-13(23)16(27)19-7-4-9-22-8-3-6-14(22)25/h11,13H,2-10H2,1H3,(H,19,27)/t13-/m0/s1. The van der Waals surface area contributed by atoms with Crippen LogP contribution in [0.5, 0.6) is 0 Å². The molecule has 0 spiro atoms. The third-order valence-electron chi connectivity index (χ3n) is 5.24. The van der Waals surface area contributed by atoms with Crippen LogP contribution in [0, 0.1) is 6.92 Å². The summed E-state index contributed by atoms with van der Waals surface area (Å²) in [4.78, 5) is 45.1. The molecule has 2 fully saturated rings. The molecule has 0 bridgehead atoms. The van der Waals surface area contributed by atoms with Gasteiger partial charge in [0.15, 0.2) is 0 Å². The normalized spacial score (nSPS) is 19.8. The average molecular weight is 404 g/mol. The number of carbonyl (C=O) groups is 2. The van der Waals surface area contributed by atoms with Crippen LogP contribution in [0.3, 0.4) is 0 Å². The molecule has 1 atom stereocenters. The molecule has 0 aliphatic carbocycles. The molecule has 28 heavy (non-hydrogen) atoms. The maximum absolute atomic E-state index is 12.7. The lowest BCUT2D eigenvalue weighted by atomic mass is 10.2. The molecule has 150 valence electrons. The van der Waals surface area contributed by atoms with Crippen LogP contribution in [-0.4, -0.2) is 63.5 Å². The van der Waals surface area contributed by atoms with E-state index in [4.69, 9.17) is 0 Å². The van der Waals surface area contributed by atoms with Crippen molar-refractivity contribution >= 4 is 33.2 Å². The second kappa shape index (κ2) is 7.86. The van der Waals surface area contributed by atoms with E-state index in [-0.39, 0.29) is 23.4 Å². The first kappa shape index (κ1) is 18.9. The van der Waals surface area contributed by atoms with Gasteiger partial charge < -0.3 is 15.1 Å². The van der Waals surface area contributed by atoms with E-state index < -0.39 is 0 Å². The Kier molecular flexibility index (Phi) is 5.29. The van der Waals surface area contributed by atoms with Crippen molar-refractivity contribution in [2.45, 2.75) is 45.1 Å². The van der Waals surface area contributed by atoms with Crippen LogP contribution in [-0.2, 0) is 9.59 Å². The number of anilines is 1. The van der Waals surface area contributed by atoms with E-state index in [1.54, 1.807) is 6.92 Å². The fourth-order valence-electron chi connectivity index (χ4n) is 3.83. The van der Waals surface area contributed by atoms with Gasteiger partial charge >= 0.3 is 0 Å². The van der Waals surface area contributed by atoms with Crippen LogP contribution in [0.1, 0.15) is 37.8 Å². The highest BCUT2D eigenvalue weighted by molar-refractivity contribution is 7.20. The van der Waals surface area contributed by atoms with Crippen LogP contribution in [0.15, 0.2) is 10.9 Å². The minimum atomic E-state index is -0.286. The molecule has 2 aromatic rings. The molecule has 2 amide bonds. The molecule has 2 aliphatic heterocycles. The number of aryl methyl sites for hydroxylation is 1. The molecule has 9 nitrogen and oxygen atoms in total. The number of aromatic nitrogens is 3. The summed E-state index contributed by atoms with van der Waals surface area (Å²) in [5.74, 6) is 0.184. The molecular formula is C18H24N6O3S. The Hall–Kier alpha value is -2.49. The fraction of sp³-hybridized carbons (Fsp3) is 0.611. The number of hydrogen-bond acceptors (Lipinski definition) is 7. The Morgan fingerprint density at radius 2 is 2.18 bits per heavy atom. The maximum atomic E-state index is 12.7. The van der Waals surface area contributed by atoms with Gasteiger partial charge in [-0.25, -0.2) is 4.98 Å². The highest BCUT2D eigenvalue weighted by Gasteiger charge is 2.33. The Labute approximate surface area is 166 Å². The lowest BCUT2D eigenvalue weighted by Crippen LogP contribution is -2.44. The van der Waals surface area contributed by atoms with Gasteiger partial charge in [0, 0.05) is 44.4 Å². The summed E-state index contributed by atoms with van der Waals surface area (Å²) >= 11 is 1.33. The van der Waals surface area contributed by atoms with Gasteiger partial charge in [-0.3, -0.25) is 14.4 Å². The number of amides is 2. The zero-order chi connectivity index (χ0) is 19.7. The lowest BCUT2D eigenvalue weighted by Gasteiger charge is -2.23. The first-order valence-corrected chi connectivity index (χ1v) is 10.5. The molecular weight excluding hydrogens is 380 g/mol. The van der Waals surface area contributed by atoms with Gasteiger partial charge in [-0.05, 0) is 32.6 Å². The van der Waals surface area contributed by atoms with Gasteiger partial charge in [-0.1, -0.05) is 11.3 Å². The Morgan fingerprint density at radius 1 is 1.32 bits per heavy atom.